The van der Waals surface area contributed by atoms with Gasteiger partial charge in [0, 0.05) is 53.5 Å². The fourth-order valence-electron chi connectivity index (χ4n) is 4.89. The van der Waals surface area contributed by atoms with Crippen LogP contribution in [-0.2, 0) is 19.4 Å². The molecule has 1 aromatic carbocycles. The van der Waals surface area contributed by atoms with E-state index in [0.29, 0.717) is 6.54 Å². The van der Waals surface area contributed by atoms with E-state index in [0.717, 1.165) is 64.6 Å². The topological polar surface area (TPSA) is 62.8 Å². The van der Waals surface area contributed by atoms with Crippen LogP contribution in [0.3, 0.4) is 0 Å². The maximum absolute atomic E-state index is 13.3. The largest absolute Gasteiger partial charge is 0.467 e. The van der Waals surface area contributed by atoms with Crippen LogP contribution in [-0.4, -0.2) is 30.8 Å². The maximum Gasteiger partial charge on any atom is 0.255 e. The molecule has 0 radical (unpaired) electrons. The Labute approximate surface area is 216 Å². The van der Waals surface area contributed by atoms with Crippen LogP contribution in [0.1, 0.15) is 56.4 Å². The summed E-state index contributed by atoms with van der Waals surface area (Å²) >= 11 is 1.66. The Bertz CT molecular complexity index is 1390. The molecule has 186 valence electrons. The van der Waals surface area contributed by atoms with Crippen molar-refractivity contribution < 1.29 is 9.21 Å². The number of nitrogens with zero attached hydrogens (tertiary/aromatic N) is 3. The molecule has 0 spiro atoms. The fourth-order valence-corrected chi connectivity index (χ4v) is 6.12. The minimum absolute atomic E-state index is 0.0793. The Morgan fingerprint density at radius 3 is 2.67 bits per heavy atom. The highest BCUT2D eigenvalue weighted by molar-refractivity contribution is 7.16. The van der Waals surface area contributed by atoms with Gasteiger partial charge in [-0.3, -0.25) is 4.79 Å². The molecule has 0 fully saturated rings. The summed E-state index contributed by atoms with van der Waals surface area (Å²) < 4.78 is 7.63. The standard InChI is InChI=1S/C29H32N4O2S/c1-19-16-21(20(2)33(19)23-13-11-22(12-14-23)32(3)4)17-31-29-27(25-9-5-6-10-26(25)36-29)28(34)30-18-24-8-7-15-35-24/h7-8,11-17H,5-6,9-10,18H2,1-4H3,(H,30,34). The van der Waals surface area contributed by atoms with Gasteiger partial charge in [-0.25, -0.2) is 4.99 Å². The fraction of sp³-hybridized carbons (Fsp3) is 0.310. The van der Waals surface area contributed by atoms with Crippen molar-refractivity contribution in [1.29, 1.82) is 0 Å². The van der Waals surface area contributed by atoms with Gasteiger partial charge in [0.2, 0.25) is 0 Å². The van der Waals surface area contributed by atoms with Gasteiger partial charge in [-0.1, -0.05) is 0 Å². The molecule has 1 N–H and O–H groups in total. The number of benzene rings is 1. The van der Waals surface area contributed by atoms with E-state index in [-0.39, 0.29) is 5.91 Å². The number of hydrogen-bond donors (Lipinski definition) is 1. The molecule has 5 rings (SSSR count). The van der Waals surface area contributed by atoms with Crippen LogP contribution in [0.5, 0.6) is 0 Å². The molecule has 0 saturated carbocycles. The van der Waals surface area contributed by atoms with E-state index in [9.17, 15) is 4.79 Å². The van der Waals surface area contributed by atoms with Gasteiger partial charge in [0.25, 0.3) is 5.91 Å². The predicted octanol–water partition coefficient (Wildman–Crippen LogP) is 6.37. The summed E-state index contributed by atoms with van der Waals surface area (Å²) in [4.78, 5) is 21.5. The first-order chi connectivity index (χ1) is 17.4. The summed E-state index contributed by atoms with van der Waals surface area (Å²) in [6.07, 6.45) is 7.76. The third-order valence-corrected chi connectivity index (χ3v) is 8.00. The summed E-state index contributed by atoms with van der Waals surface area (Å²) in [5.74, 6) is 0.660. The van der Waals surface area contributed by atoms with Crippen molar-refractivity contribution in [1.82, 2.24) is 9.88 Å². The molecule has 0 bridgehead atoms. The van der Waals surface area contributed by atoms with Crippen molar-refractivity contribution >= 4 is 34.1 Å². The minimum atomic E-state index is -0.0793. The zero-order valence-electron chi connectivity index (χ0n) is 21.3. The lowest BCUT2D eigenvalue weighted by molar-refractivity contribution is 0.0948. The predicted molar refractivity (Wildman–Crippen MR) is 148 cm³/mol. The molecule has 0 saturated heterocycles. The number of carbonyl (C=O) groups excluding carboxylic acids is 1. The molecule has 0 aliphatic heterocycles. The zero-order chi connectivity index (χ0) is 25.2. The number of amides is 1. The summed E-state index contributed by atoms with van der Waals surface area (Å²) in [7, 11) is 4.09. The highest BCUT2D eigenvalue weighted by Crippen LogP contribution is 2.40. The molecule has 0 atom stereocenters. The van der Waals surface area contributed by atoms with E-state index in [1.54, 1.807) is 17.6 Å². The van der Waals surface area contributed by atoms with Crippen LogP contribution in [0.15, 0.2) is 58.1 Å². The van der Waals surface area contributed by atoms with Gasteiger partial charge in [-0.2, -0.15) is 0 Å². The van der Waals surface area contributed by atoms with Gasteiger partial charge in [-0.05, 0) is 87.6 Å². The lowest BCUT2D eigenvalue weighted by atomic mass is 9.95. The lowest BCUT2D eigenvalue weighted by Crippen LogP contribution is -2.23. The first kappa shape index (κ1) is 24.1. The highest BCUT2D eigenvalue weighted by Gasteiger charge is 2.25. The maximum atomic E-state index is 13.3. The van der Waals surface area contributed by atoms with Crippen LogP contribution in [0.25, 0.3) is 5.69 Å². The normalized spacial score (nSPS) is 13.2. The number of anilines is 1. The third-order valence-electron chi connectivity index (χ3n) is 6.80. The average molecular weight is 501 g/mol. The number of carbonyl (C=O) groups is 1. The first-order valence-corrected chi connectivity index (χ1v) is 13.2. The van der Waals surface area contributed by atoms with Crippen molar-refractivity contribution in [3.05, 3.63) is 87.4 Å². The molecule has 36 heavy (non-hydrogen) atoms. The van der Waals surface area contributed by atoms with E-state index in [1.807, 2.05) is 32.4 Å². The van der Waals surface area contributed by atoms with Gasteiger partial charge in [0.1, 0.15) is 10.8 Å². The van der Waals surface area contributed by atoms with Crippen molar-refractivity contribution in [2.45, 2.75) is 46.1 Å². The van der Waals surface area contributed by atoms with Gasteiger partial charge in [0.15, 0.2) is 0 Å². The number of aryl methyl sites for hydroxylation is 2. The number of nitrogens with one attached hydrogen (secondary N) is 1. The molecular weight excluding hydrogens is 468 g/mol. The molecular formula is C29H32N4O2S. The zero-order valence-corrected chi connectivity index (χ0v) is 22.1. The van der Waals surface area contributed by atoms with E-state index >= 15 is 0 Å². The van der Waals surface area contributed by atoms with Crippen molar-refractivity contribution in [2.24, 2.45) is 4.99 Å². The molecule has 3 aromatic heterocycles. The van der Waals surface area contributed by atoms with Crippen LogP contribution >= 0.6 is 11.3 Å². The van der Waals surface area contributed by atoms with Gasteiger partial charge in [0.05, 0.1) is 18.4 Å². The number of fused-ring (bicyclic) bond motifs is 1. The molecule has 4 aromatic rings. The number of furan rings is 1. The van der Waals surface area contributed by atoms with E-state index < -0.39 is 0 Å². The number of aliphatic imine (C=N–C) groups is 1. The number of rotatable bonds is 7. The second-order valence-electron chi connectivity index (χ2n) is 9.48. The summed E-state index contributed by atoms with van der Waals surface area (Å²) in [5.41, 5.74) is 7.51. The van der Waals surface area contributed by atoms with Crippen molar-refractivity contribution in [3.8, 4) is 5.69 Å². The smallest absolute Gasteiger partial charge is 0.255 e. The number of aromatic nitrogens is 1. The first-order valence-electron chi connectivity index (χ1n) is 12.4. The highest BCUT2D eigenvalue weighted by atomic mass is 32.1. The quantitative estimate of drug-likeness (QED) is 0.300. The Hall–Kier alpha value is -3.58. The molecule has 3 heterocycles. The van der Waals surface area contributed by atoms with Gasteiger partial charge in [-0.15, -0.1) is 11.3 Å². The Morgan fingerprint density at radius 2 is 1.94 bits per heavy atom. The molecule has 6 nitrogen and oxygen atoms in total. The molecule has 7 heteroatoms. The molecule has 1 aliphatic rings. The van der Waals surface area contributed by atoms with Crippen LogP contribution in [0.2, 0.25) is 0 Å². The van der Waals surface area contributed by atoms with Crippen LogP contribution in [0, 0.1) is 13.8 Å². The van der Waals surface area contributed by atoms with E-state index in [1.165, 1.54) is 16.1 Å². The number of thiophene rings is 1. The van der Waals surface area contributed by atoms with Crippen molar-refractivity contribution in [3.63, 3.8) is 0 Å². The Kier molecular flexibility index (Phi) is 6.83. The molecule has 1 amide bonds. The lowest BCUT2D eigenvalue weighted by Gasteiger charge is -2.14. The monoisotopic (exact) mass is 500 g/mol. The van der Waals surface area contributed by atoms with Crippen LogP contribution < -0.4 is 10.2 Å². The minimum Gasteiger partial charge on any atom is -0.467 e. The Morgan fingerprint density at radius 1 is 1.17 bits per heavy atom. The van der Waals surface area contributed by atoms with Gasteiger partial charge < -0.3 is 19.2 Å². The second kappa shape index (κ2) is 10.2. The molecule has 1 aliphatic carbocycles. The Balaban J connectivity index is 1.44. The summed E-state index contributed by atoms with van der Waals surface area (Å²) in [6, 6.07) is 14.4. The molecule has 0 unspecified atom stereocenters. The van der Waals surface area contributed by atoms with E-state index in [4.69, 9.17) is 9.41 Å². The third kappa shape index (κ3) is 4.75. The average Bonchev–Trinajstić information content (AvgIpc) is 3.59. The van der Waals surface area contributed by atoms with Crippen LogP contribution in [0.4, 0.5) is 10.7 Å². The SMILES string of the molecule is Cc1cc(C=Nc2sc3c(c2C(=O)NCc2ccco2)CCCC3)c(C)n1-c1ccc(N(C)C)cc1. The van der Waals surface area contributed by atoms with E-state index in [2.05, 4.69) is 59.0 Å². The summed E-state index contributed by atoms with van der Waals surface area (Å²) in [6.45, 7) is 4.60. The number of hydrogen-bond acceptors (Lipinski definition) is 5. The van der Waals surface area contributed by atoms with Crippen molar-refractivity contribution in [2.75, 3.05) is 19.0 Å². The second-order valence-corrected chi connectivity index (χ2v) is 10.6. The van der Waals surface area contributed by atoms with Gasteiger partial charge >= 0.3 is 0 Å². The summed E-state index contributed by atoms with van der Waals surface area (Å²) in [5, 5.41) is 3.82.